The number of carbonyl (C=O) groups is 1. The third-order valence-electron chi connectivity index (χ3n) is 3.15. The van der Waals surface area contributed by atoms with Crippen molar-refractivity contribution in [1.82, 2.24) is 0 Å². The molecule has 2 rings (SSSR count). The summed E-state index contributed by atoms with van der Waals surface area (Å²) in [6, 6.07) is 10.1. The van der Waals surface area contributed by atoms with Gasteiger partial charge in [0.2, 0.25) is 0 Å². The largest absolute Gasteiger partial charge is 0.481 e. The number of ether oxygens (including phenoxy) is 1. The Balaban J connectivity index is 1.87. The number of aliphatic carboxylic acids is 1. The van der Waals surface area contributed by atoms with Gasteiger partial charge in [-0.25, -0.2) is 0 Å². The third kappa shape index (κ3) is 3.01. The minimum Gasteiger partial charge on any atom is -0.481 e. The highest BCUT2D eigenvalue weighted by molar-refractivity contribution is 7.99. The van der Waals surface area contributed by atoms with Crippen molar-refractivity contribution < 1.29 is 14.6 Å². The van der Waals surface area contributed by atoms with Gasteiger partial charge in [0.25, 0.3) is 0 Å². The van der Waals surface area contributed by atoms with Crippen LogP contribution in [0.2, 0.25) is 0 Å². The summed E-state index contributed by atoms with van der Waals surface area (Å²) in [5.41, 5.74) is -0.651. The maximum Gasteiger partial charge on any atom is 0.312 e. The molecule has 0 spiro atoms. The maximum atomic E-state index is 11.3. The molecule has 1 aliphatic heterocycles. The first kappa shape index (κ1) is 12.5. The lowest BCUT2D eigenvalue weighted by Gasteiger charge is -2.21. The van der Waals surface area contributed by atoms with E-state index in [2.05, 4.69) is 0 Å². The molecule has 1 fully saturated rings. The zero-order chi connectivity index (χ0) is 12.1. The van der Waals surface area contributed by atoms with Crippen molar-refractivity contribution in [1.29, 1.82) is 0 Å². The number of carboxylic acids is 1. The molecule has 0 amide bonds. The Bertz CT molecular complexity index is 372. The van der Waals surface area contributed by atoms with Gasteiger partial charge in [0.05, 0.1) is 12.0 Å². The number of thioether (sulfide) groups is 1. The maximum absolute atomic E-state index is 11.3. The van der Waals surface area contributed by atoms with Crippen molar-refractivity contribution >= 4 is 17.7 Å². The van der Waals surface area contributed by atoms with Gasteiger partial charge in [-0.3, -0.25) is 4.79 Å². The lowest BCUT2D eigenvalue weighted by Crippen LogP contribution is -2.32. The van der Waals surface area contributed by atoms with E-state index >= 15 is 0 Å². The second-order valence-corrected chi connectivity index (χ2v) is 5.47. The predicted molar refractivity (Wildman–Crippen MR) is 67.3 cm³/mol. The van der Waals surface area contributed by atoms with Crippen molar-refractivity contribution in [2.24, 2.45) is 5.41 Å². The molecule has 0 saturated carbocycles. The number of benzene rings is 1. The van der Waals surface area contributed by atoms with E-state index in [0.29, 0.717) is 26.1 Å². The Morgan fingerprint density at radius 3 is 2.76 bits per heavy atom. The summed E-state index contributed by atoms with van der Waals surface area (Å²) >= 11 is 1.70. The van der Waals surface area contributed by atoms with Crippen LogP contribution in [0.25, 0.3) is 0 Å². The van der Waals surface area contributed by atoms with E-state index in [1.807, 2.05) is 30.3 Å². The second-order valence-electron chi connectivity index (χ2n) is 4.30. The van der Waals surface area contributed by atoms with Gasteiger partial charge in [0, 0.05) is 11.5 Å². The molecule has 0 aliphatic carbocycles. The first-order valence-electron chi connectivity index (χ1n) is 5.72. The Kier molecular flexibility index (Phi) is 4.07. The Labute approximate surface area is 105 Å². The zero-order valence-corrected chi connectivity index (χ0v) is 10.4. The van der Waals surface area contributed by atoms with E-state index in [1.165, 1.54) is 4.90 Å². The first-order chi connectivity index (χ1) is 8.23. The van der Waals surface area contributed by atoms with Gasteiger partial charge in [-0.2, -0.15) is 0 Å². The highest BCUT2D eigenvalue weighted by atomic mass is 32.2. The standard InChI is InChI=1S/C13H16O3S/c14-12(15)13(6-8-16-10-13)7-9-17-11-4-2-1-3-5-11/h1-5H,6-10H2,(H,14,15). The van der Waals surface area contributed by atoms with Crippen LogP contribution < -0.4 is 0 Å². The van der Waals surface area contributed by atoms with Gasteiger partial charge < -0.3 is 9.84 Å². The Morgan fingerprint density at radius 1 is 1.41 bits per heavy atom. The third-order valence-corrected chi connectivity index (χ3v) is 4.16. The summed E-state index contributed by atoms with van der Waals surface area (Å²) in [6.45, 7) is 0.931. The molecular formula is C13H16O3S. The van der Waals surface area contributed by atoms with Crippen molar-refractivity contribution in [3.05, 3.63) is 30.3 Å². The fourth-order valence-corrected chi connectivity index (χ4v) is 3.04. The van der Waals surface area contributed by atoms with Crippen LogP contribution in [0.3, 0.4) is 0 Å². The lowest BCUT2D eigenvalue weighted by atomic mass is 9.85. The number of hydrogen-bond donors (Lipinski definition) is 1. The number of rotatable bonds is 5. The molecule has 1 saturated heterocycles. The minimum atomic E-state index is -0.719. The molecule has 17 heavy (non-hydrogen) atoms. The monoisotopic (exact) mass is 252 g/mol. The summed E-state index contributed by atoms with van der Waals surface area (Å²) in [5.74, 6) is 0.100. The van der Waals surface area contributed by atoms with Crippen LogP contribution in [0.1, 0.15) is 12.8 Å². The minimum absolute atomic E-state index is 0.359. The molecule has 1 aliphatic rings. The normalized spacial score (nSPS) is 23.8. The summed E-state index contributed by atoms with van der Waals surface area (Å²) < 4.78 is 5.23. The summed E-state index contributed by atoms with van der Waals surface area (Å²) in [7, 11) is 0. The van der Waals surface area contributed by atoms with Crippen molar-refractivity contribution in [2.75, 3.05) is 19.0 Å². The first-order valence-corrected chi connectivity index (χ1v) is 6.70. The van der Waals surface area contributed by atoms with Crippen LogP contribution >= 0.6 is 11.8 Å². The highest BCUT2D eigenvalue weighted by Gasteiger charge is 2.41. The van der Waals surface area contributed by atoms with Gasteiger partial charge >= 0.3 is 5.97 Å². The van der Waals surface area contributed by atoms with Crippen LogP contribution in [0.15, 0.2) is 35.2 Å². The molecule has 0 aromatic heterocycles. The topological polar surface area (TPSA) is 46.5 Å². The molecule has 3 nitrogen and oxygen atoms in total. The van der Waals surface area contributed by atoms with Crippen LogP contribution in [0.5, 0.6) is 0 Å². The fraction of sp³-hybridized carbons (Fsp3) is 0.462. The molecule has 0 bridgehead atoms. The van der Waals surface area contributed by atoms with Gasteiger partial charge in [-0.1, -0.05) is 18.2 Å². The Morgan fingerprint density at radius 2 is 2.18 bits per heavy atom. The van der Waals surface area contributed by atoms with Gasteiger partial charge in [-0.05, 0) is 30.7 Å². The summed E-state index contributed by atoms with van der Waals surface area (Å²) in [4.78, 5) is 12.5. The predicted octanol–water partition coefficient (Wildman–Crippen LogP) is 2.66. The molecule has 1 aromatic rings. The molecule has 1 heterocycles. The second kappa shape index (κ2) is 5.56. The van der Waals surface area contributed by atoms with E-state index in [1.54, 1.807) is 11.8 Å². The number of carboxylic acid groups (broad SMARTS) is 1. The average molecular weight is 252 g/mol. The van der Waals surface area contributed by atoms with E-state index in [4.69, 9.17) is 4.74 Å². The van der Waals surface area contributed by atoms with Crippen molar-refractivity contribution in [3.63, 3.8) is 0 Å². The summed E-state index contributed by atoms with van der Waals surface area (Å²) in [6.07, 6.45) is 1.31. The zero-order valence-electron chi connectivity index (χ0n) is 9.59. The van der Waals surface area contributed by atoms with E-state index in [-0.39, 0.29) is 0 Å². The highest BCUT2D eigenvalue weighted by Crippen LogP contribution is 2.35. The van der Waals surface area contributed by atoms with Crippen LogP contribution in [-0.2, 0) is 9.53 Å². The lowest BCUT2D eigenvalue weighted by molar-refractivity contribution is -0.149. The fourth-order valence-electron chi connectivity index (χ4n) is 1.96. The van der Waals surface area contributed by atoms with Gasteiger partial charge in [-0.15, -0.1) is 11.8 Å². The summed E-state index contributed by atoms with van der Waals surface area (Å²) in [5, 5.41) is 9.27. The van der Waals surface area contributed by atoms with Crippen molar-refractivity contribution in [2.45, 2.75) is 17.7 Å². The average Bonchev–Trinajstić information content (AvgIpc) is 2.80. The number of hydrogen-bond acceptors (Lipinski definition) is 3. The smallest absolute Gasteiger partial charge is 0.312 e. The van der Waals surface area contributed by atoms with Gasteiger partial charge in [0.15, 0.2) is 0 Å². The van der Waals surface area contributed by atoms with E-state index in [0.717, 1.165) is 5.75 Å². The molecule has 4 heteroatoms. The quantitative estimate of drug-likeness (QED) is 0.818. The van der Waals surface area contributed by atoms with E-state index in [9.17, 15) is 9.90 Å². The van der Waals surface area contributed by atoms with Crippen LogP contribution in [0.4, 0.5) is 0 Å². The molecule has 1 atom stereocenters. The molecule has 1 N–H and O–H groups in total. The molecule has 1 unspecified atom stereocenters. The Hall–Kier alpha value is -1.00. The molecular weight excluding hydrogens is 236 g/mol. The molecule has 1 aromatic carbocycles. The van der Waals surface area contributed by atoms with Crippen LogP contribution in [-0.4, -0.2) is 30.0 Å². The van der Waals surface area contributed by atoms with Crippen molar-refractivity contribution in [3.8, 4) is 0 Å². The van der Waals surface area contributed by atoms with E-state index < -0.39 is 11.4 Å². The molecule has 92 valence electrons. The van der Waals surface area contributed by atoms with Gasteiger partial charge in [0.1, 0.15) is 0 Å². The van der Waals surface area contributed by atoms with Crippen LogP contribution in [0, 0.1) is 5.41 Å². The molecule has 0 radical (unpaired) electrons. The SMILES string of the molecule is O=C(O)C1(CCSc2ccccc2)CCOC1.